The number of carbonyl (C=O) groups is 3. The van der Waals surface area contributed by atoms with Crippen LogP contribution in [0.4, 0.5) is 24.5 Å². The summed E-state index contributed by atoms with van der Waals surface area (Å²) in [5.74, 6) is -2.41. The smallest absolute Gasteiger partial charge is 0.406 e. The van der Waals surface area contributed by atoms with Gasteiger partial charge in [0.2, 0.25) is 11.6 Å². The number of benzene rings is 2. The molecule has 0 aromatic heterocycles. The molecule has 31 heavy (non-hydrogen) atoms. The van der Waals surface area contributed by atoms with E-state index < -0.39 is 35.5 Å². The van der Waals surface area contributed by atoms with Crippen LogP contribution >= 0.6 is 11.6 Å². The molecule has 1 N–H and O–H groups in total. The minimum Gasteiger partial charge on any atom is -0.406 e. The first-order chi connectivity index (χ1) is 14.5. The van der Waals surface area contributed by atoms with Crippen LogP contribution in [0.5, 0.6) is 5.75 Å². The van der Waals surface area contributed by atoms with Crippen molar-refractivity contribution < 1.29 is 32.3 Å². The summed E-state index contributed by atoms with van der Waals surface area (Å²) < 4.78 is 42.0. The molecule has 4 rings (SSSR count). The highest BCUT2D eigenvalue weighted by atomic mass is 35.5. The number of halogens is 4. The van der Waals surface area contributed by atoms with Gasteiger partial charge in [-0.2, -0.15) is 0 Å². The van der Waals surface area contributed by atoms with Gasteiger partial charge in [-0.05, 0) is 30.3 Å². The summed E-state index contributed by atoms with van der Waals surface area (Å²) in [5, 5.41) is 3.01. The lowest BCUT2D eigenvalue weighted by atomic mass is 9.96. The lowest BCUT2D eigenvalue weighted by molar-refractivity contribution is -0.274. The Morgan fingerprint density at radius 2 is 1.94 bits per heavy atom. The molecular weight excluding hydrogens is 439 g/mol. The molecule has 2 aliphatic rings. The highest BCUT2D eigenvalue weighted by molar-refractivity contribution is 6.31. The predicted octanol–water partition coefficient (Wildman–Crippen LogP) is 3.79. The second kappa shape index (κ2) is 7.16. The van der Waals surface area contributed by atoms with Gasteiger partial charge in [-0.1, -0.05) is 17.7 Å². The minimum atomic E-state index is -4.96. The third-order valence-corrected chi connectivity index (χ3v) is 5.52. The van der Waals surface area contributed by atoms with E-state index >= 15 is 0 Å². The molecule has 1 unspecified atom stereocenters. The summed E-state index contributed by atoms with van der Waals surface area (Å²) in [7, 11) is 1.37. The SMILES string of the molecule is CN1C(=O)c2ccc(OC(F)(F)F)cc2N2C(=O)CCC12C(=O)Nc1cccc(Cl)c1. The van der Waals surface area contributed by atoms with Crippen molar-refractivity contribution in [2.75, 3.05) is 17.3 Å². The zero-order chi connectivity index (χ0) is 22.6. The van der Waals surface area contributed by atoms with E-state index in [2.05, 4.69) is 10.1 Å². The maximum atomic E-state index is 13.4. The largest absolute Gasteiger partial charge is 0.573 e. The second-order valence-corrected chi connectivity index (χ2v) is 7.54. The van der Waals surface area contributed by atoms with E-state index in [1.165, 1.54) is 13.1 Å². The molecule has 162 valence electrons. The van der Waals surface area contributed by atoms with E-state index in [0.29, 0.717) is 10.7 Å². The van der Waals surface area contributed by atoms with Gasteiger partial charge in [0.15, 0.2) is 0 Å². The molecule has 3 amide bonds. The minimum absolute atomic E-state index is 0.0153. The fourth-order valence-corrected chi connectivity index (χ4v) is 4.14. The standard InChI is InChI=1S/C20H15ClF3N3O4/c1-26-17(29)14-6-5-13(31-20(22,23)24)10-15(14)27-16(28)7-8-19(26,27)18(30)25-12-4-2-3-11(21)9-12/h2-6,9-10H,7-8H2,1H3,(H,25,30). The Hall–Kier alpha value is -3.27. The first-order valence-corrected chi connectivity index (χ1v) is 9.49. The molecule has 0 radical (unpaired) electrons. The highest BCUT2D eigenvalue weighted by Crippen LogP contribution is 2.45. The number of rotatable bonds is 3. The molecule has 1 fully saturated rings. The number of fused-ring (bicyclic) bond motifs is 3. The fourth-order valence-electron chi connectivity index (χ4n) is 3.95. The van der Waals surface area contributed by atoms with Gasteiger partial charge in [0.1, 0.15) is 5.75 Å². The van der Waals surface area contributed by atoms with Gasteiger partial charge in [0.05, 0.1) is 11.3 Å². The topological polar surface area (TPSA) is 79.0 Å². The maximum absolute atomic E-state index is 13.4. The molecule has 1 saturated heterocycles. The Morgan fingerprint density at radius 3 is 2.61 bits per heavy atom. The summed E-state index contributed by atoms with van der Waals surface area (Å²) in [5.41, 5.74) is -1.54. The fraction of sp³-hybridized carbons (Fsp3) is 0.250. The molecule has 0 spiro atoms. The van der Waals surface area contributed by atoms with Crippen LogP contribution in [0.2, 0.25) is 5.02 Å². The normalized spacial score (nSPS) is 20.4. The molecule has 2 heterocycles. The Balaban J connectivity index is 1.80. The number of likely N-dealkylation sites (N-methyl/N-ethyl adjacent to an activating group) is 1. The number of hydrogen-bond acceptors (Lipinski definition) is 4. The number of alkyl halides is 3. The first kappa shape index (κ1) is 21.0. The Labute approximate surface area is 179 Å². The van der Waals surface area contributed by atoms with Crippen LogP contribution in [0.3, 0.4) is 0 Å². The van der Waals surface area contributed by atoms with Crippen molar-refractivity contribution in [3.05, 3.63) is 53.1 Å². The number of ether oxygens (including phenoxy) is 1. The van der Waals surface area contributed by atoms with Crippen LogP contribution in [0.15, 0.2) is 42.5 Å². The van der Waals surface area contributed by atoms with E-state index in [1.54, 1.807) is 18.2 Å². The third-order valence-electron chi connectivity index (χ3n) is 5.29. The van der Waals surface area contributed by atoms with Crippen LogP contribution < -0.4 is 15.0 Å². The average molecular weight is 454 g/mol. The molecule has 2 aliphatic heterocycles. The molecule has 0 bridgehead atoms. The molecule has 0 saturated carbocycles. The number of amides is 3. The van der Waals surface area contributed by atoms with Gasteiger partial charge in [-0.3, -0.25) is 19.3 Å². The third kappa shape index (κ3) is 3.46. The van der Waals surface area contributed by atoms with Gasteiger partial charge in [0, 0.05) is 36.7 Å². The molecule has 2 aromatic rings. The van der Waals surface area contributed by atoms with Crippen LogP contribution in [0, 0.1) is 0 Å². The lowest BCUT2D eigenvalue weighted by Crippen LogP contribution is -2.68. The van der Waals surface area contributed by atoms with Crippen molar-refractivity contribution in [3.63, 3.8) is 0 Å². The van der Waals surface area contributed by atoms with Gasteiger partial charge in [-0.25, -0.2) is 0 Å². The van der Waals surface area contributed by atoms with E-state index in [4.69, 9.17) is 11.6 Å². The molecule has 7 nitrogen and oxygen atoms in total. The summed E-state index contributed by atoms with van der Waals surface area (Å²) >= 11 is 5.95. The van der Waals surface area contributed by atoms with E-state index in [9.17, 15) is 27.6 Å². The molecule has 2 aromatic carbocycles. The van der Waals surface area contributed by atoms with Crippen molar-refractivity contribution in [2.24, 2.45) is 0 Å². The van der Waals surface area contributed by atoms with Crippen LogP contribution in [0.25, 0.3) is 0 Å². The van der Waals surface area contributed by atoms with E-state index in [-0.39, 0.29) is 24.1 Å². The van der Waals surface area contributed by atoms with E-state index in [1.807, 2.05) is 0 Å². The maximum Gasteiger partial charge on any atom is 0.573 e. The van der Waals surface area contributed by atoms with Crippen molar-refractivity contribution in [2.45, 2.75) is 24.9 Å². The summed E-state index contributed by atoms with van der Waals surface area (Å²) in [6, 6.07) is 9.35. The molecule has 0 aliphatic carbocycles. The zero-order valence-electron chi connectivity index (χ0n) is 16.0. The monoisotopic (exact) mass is 453 g/mol. The number of nitrogens with one attached hydrogen (secondary N) is 1. The number of carbonyl (C=O) groups excluding carboxylic acids is 3. The van der Waals surface area contributed by atoms with Crippen molar-refractivity contribution in [1.29, 1.82) is 0 Å². The summed E-state index contributed by atoms with van der Waals surface area (Å²) in [4.78, 5) is 41.3. The molecule has 11 heteroatoms. The summed E-state index contributed by atoms with van der Waals surface area (Å²) in [6.45, 7) is 0. The first-order valence-electron chi connectivity index (χ1n) is 9.11. The van der Waals surface area contributed by atoms with Crippen LogP contribution in [-0.4, -0.2) is 41.7 Å². The predicted molar refractivity (Wildman–Crippen MR) is 105 cm³/mol. The van der Waals surface area contributed by atoms with Crippen LogP contribution in [-0.2, 0) is 9.59 Å². The lowest BCUT2D eigenvalue weighted by Gasteiger charge is -2.47. The second-order valence-electron chi connectivity index (χ2n) is 7.10. The van der Waals surface area contributed by atoms with Crippen LogP contribution in [0.1, 0.15) is 23.2 Å². The average Bonchev–Trinajstić information content (AvgIpc) is 3.03. The number of nitrogens with zero attached hydrogens (tertiary/aromatic N) is 2. The number of anilines is 2. The Bertz CT molecular complexity index is 1110. The number of hydrogen-bond donors (Lipinski definition) is 1. The molecule has 1 atom stereocenters. The van der Waals surface area contributed by atoms with Crippen molar-refractivity contribution in [1.82, 2.24) is 4.90 Å². The van der Waals surface area contributed by atoms with Gasteiger partial charge < -0.3 is 15.0 Å². The Morgan fingerprint density at radius 1 is 1.19 bits per heavy atom. The molecular formula is C20H15ClF3N3O4. The van der Waals surface area contributed by atoms with Gasteiger partial charge >= 0.3 is 6.36 Å². The van der Waals surface area contributed by atoms with Crippen molar-refractivity contribution in [3.8, 4) is 5.75 Å². The van der Waals surface area contributed by atoms with E-state index in [0.717, 1.165) is 28.0 Å². The van der Waals surface area contributed by atoms with Gasteiger partial charge in [0.25, 0.3) is 11.8 Å². The highest BCUT2D eigenvalue weighted by Gasteiger charge is 2.59. The quantitative estimate of drug-likeness (QED) is 0.767. The zero-order valence-corrected chi connectivity index (χ0v) is 16.8. The van der Waals surface area contributed by atoms with Gasteiger partial charge in [-0.15, -0.1) is 13.2 Å². The van der Waals surface area contributed by atoms with Crippen molar-refractivity contribution >= 4 is 40.7 Å². The summed E-state index contributed by atoms with van der Waals surface area (Å²) in [6.07, 6.45) is -5.07. The Kier molecular flexibility index (Phi) is 4.84.